The predicted molar refractivity (Wildman–Crippen MR) is 53.7 cm³/mol. The van der Waals surface area contributed by atoms with E-state index >= 15 is 0 Å². The first-order chi connectivity index (χ1) is 6.61. The second-order valence-corrected chi connectivity index (χ2v) is 3.67. The van der Waals surface area contributed by atoms with Crippen LogP contribution in [0.2, 0.25) is 0 Å². The molecule has 0 bridgehead atoms. The van der Waals surface area contributed by atoms with Gasteiger partial charge >= 0.3 is 0 Å². The minimum absolute atomic E-state index is 0.0265. The number of imide groups is 1. The van der Waals surface area contributed by atoms with Crippen LogP contribution in [0.3, 0.4) is 0 Å². The molecule has 0 radical (unpaired) electrons. The van der Waals surface area contributed by atoms with E-state index in [0.717, 1.165) is 13.0 Å². The van der Waals surface area contributed by atoms with Crippen molar-refractivity contribution < 1.29 is 9.59 Å². The molecule has 0 spiro atoms. The maximum Gasteiger partial charge on any atom is 0.247 e. The molecule has 1 heterocycles. The van der Waals surface area contributed by atoms with E-state index in [4.69, 9.17) is 0 Å². The summed E-state index contributed by atoms with van der Waals surface area (Å²) in [4.78, 5) is 24.7. The van der Waals surface area contributed by atoms with E-state index in [1.807, 2.05) is 20.8 Å². The topological polar surface area (TPSA) is 49.4 Å². The number of nitrogens with zero attached hydrogens (tertiary/aromatic N) is 1. The molecule has 1 N–H and O–H groups in total. The highest BCUT2D eigenvalue weighted by Gasteiger charge is 2.39. The monoisotopic (exact) mass is 198 g/mol. The summed E-state index contributed by atoms with van der Waals surface area (Å²) < 4.78 is 0. The lowest BCUT2D eigenvalue weighted by molar-refractivity contribution is -0.141. The summed E-state index contributed by atoms with van der Waals surface area (Å²) in [6.45, 7) is 6.54. The second-order valence-electron chi connectivity index (χ2n) is 3.67. The summed E-state index contributed by atoms with van der Waals surface area (Å²) in [5.74, 6) is -0.110. The van der Waals surface area contributed by atoms with Gasteiger partial charge in [-0.3, -0.25) is 14.5 Å². The van der Waals surface area contributed by atoms with Crippen LogP contribution < -0.4 is 5.32 Å². The van der Waals surface area contributed by atoms with Gasteiger partial charge in [0, 0.05) is 6.04 Å². The van der Waals surface area contributed by atoms with E-state index in [-0.39, 0.29) is 23.9 Å². The van der Waals surface area contributed by atoms with Crippen molar-refractivity contribution in [2.24, 2.45) is 0 Å². The number of carbonyl (C=O) groups excluding carboxylic acids is 2. The van der Waals surface area contributed by atoms with Crippen LogP contribution in [0.1, 0.15) is 33.6 Å². The molecule has 1 aliphatic rings. The second kappa shape index (κ2) is 4.55. The third-order valence-electron chi connectivity index (χ3n) is 2.67. The van der Waals surface area contributed by atoms with Crippen LogP contribution in [0, 0.1) is 0 Å². The molecular weight excluding hydrogens is 180 g/mol. The highest BCUT2D eigenvalue weighted by Crippen LogP contribution is 2.17. The minimum Gasteiger partial charge on any atom is -0.306 e. The van der Waals surface area contributed by atoms with Crippen LogP contribution in [0.15, 0.2) is 0 Å². The molecule has 0 aromatic carbocycles. The zero-order valence-corrected chi connectivity index (χ0v) is 9.04. The van der Waals surface area contributed by atoms with Crippen molar-refractivity contribution in [1.29, 1.82) is 0 Å². The molecule has 14 heavy (non-hydrogen) atoms. The van der Waals surface area contributed by atoms with Crippen molar-refractivity contribution in [2.45, 2.75) is 45.7 Å². The Hall–Kier alpha value is -0.900. The van der Waals surface area contributed by atoms with Gasteiger partial charge in [-0.25, -0.2) is 0 Å². The molecule has 0 aromatic rings. The van der Waals surface area contributed by atoms with Gasteiger partial charge in [0.05, 0.1) is 12.5 Å². The summed E-state index contributed by atoms with van der Waals surface area (Å²) in [6, 6.07) is -0.264. The van der Waals surface area contributed by atoms with Crippen LogP contribution in [0.5, 0.6) is 0 Å². The van der Waals surface area contributed by atoms with Crippen molar-refractivity contribution in [3.63, 3.8) is 0 Å². The number of nitrogens with one attached hydrogen (secondary N) is 1. The first-order valence-corrected chi connectivity index (χ1v) is 5.21. The first-order valence-electron chi connectivity index (χ1n) is 5.21. The molecule has 4 heteroatoms. The summed E-state index contributed by atoms with van der Waals surface area (Å²) in [5.41, 5.74) is 0. The molecule has 2 unspecified atom stereocenters. The average molecular weight is 198 g/mol. The molecule has 80 valence electrons. The number of amides is 2. The molecule has 1 aliphatic heterocycles. The Bertz CT molecular complexity index is 240. The quantitative estimate of drug-likeness (QED) is 0.670. The number of hydrogen-bond donors (Lipinski definition) is 1. The van der Waals surface area contributed by atoms with Crippen molar-refractivity contribution in [3.05, 3.63) is 0 Å². The number of carbonyl (C=O) groups is 2. The van der Waals surface area contributed by atoms with Gasteiger partial charge in [0.15, 0.2) is 0 Å². The number of likely N-dealkylation sites (N-methyl/N-ethyl adjacent to an activating group) is 1. The van der Waals surface area contributed by atoms with Crippen LogP contribution in [-0.4, -0.2) is 35.3 Å². The number of hydrogen-bond acceptors (Lipinski definition) is 3. The normalized spacial score (nSPS) is 24.5. The van der Waals surface area contributed by atoms with Crippen molar-refractivity contribution in [1.82, 2.24) is 10.2 Å². The smallest absolute Gasteiger partial charge is 0.247 e. The lowest BCUT2D eigenvalue weighted by Gasteiger charge is -2.21. The number of rotatable bonds is 4. The Morgan fingerprint density at radius 3 is 2.64 bits per heavy atom. The number of likely N-dealkylation sites (tertiary alicyclic amines) is 1. The highest BCUT2D eigenvalue weighted by molar-refractivity contribution is 6.05. The molecule has 0 saturated carbocycles. The Labute approximate surface area is 84.7 Å². The lowest BCUT2D eigenvalue weighted by atomic mass is 10.2. The van der Waals surface area contributed by atoms with Crippen LogP contribution in [-0.2, 0) is 9.59 Å². The molecular formula is C10H18N2O2. The molecule has 2 atom stereocenters. The summed E-state index contributed by atoms with van der Waals surface area (Å²) >= 11 is 0. The molecule has 1 saturated heterocycles. The SMILES string of the molecule is CCNC1CC(=O)N(C(C)CC)C1=O. The van der Waals surface area contributed by atoms with Gasteiger partial charge in [0.1, 0.15) is 0 Å². The molecule has 0 aliphatic carbocycles. The molecule has 1 fully saturated rings. The van der Waals surface area contributed by atoms with Gasteiger partial charge in [-0.05, 0) is 19.9 Å². The highest BCUT2D eigenvalue weighted by atomic mass is 16.2. The Balaban J connectivity index is 2.70. The molecule has 4 nitrogen and oxygen atoms in total. The Kier molecular flexibility index (Phi) is 3.63. The summed E-state index contributed by atoms with van der Waals surface area (Å²) in [5, 5.41) is 3.02. The van der Waals surface area contributed by atoms with Crippen LogP contribution >= 0.6 is 0 Å². The van der Waals surface area contributed by atoms with E-state index in [9.17, 15) is 9.59 Å². The lowest BCUT2D eigenvalue weighted by Crippen LogP contribution is -2.42. The van der Waals surface area contributed by atoms with Crippen LogP contribution in [0.4, 0.5) is 0 Å². The summed E-state index contributed by atoms with van der Waals surface area (Å²) in [6.07, 6.45) is 1.13. The van der Waals surface area contributed by atoms with Gasteiger partial charge in [-0.2, -0.15) is 0 Å². The molecule has 0 aromatic heterocycles. The van der Waals surface area contributed by atoms with Crippen molar-refractivity contribution in [2.75, 3.05) is 6.54 Å². The van der Waals surface area contributed by atoms with Gasteiger partial charge < -0.3 is 5.32 Å². The van der Waals surface area contributed by atoms with E-state index in [2.05, 4.69) is 5.32 Å². The van der Waals surface area contributed by atoms with Gasteiger partial charge in [-0.15, -0.1) is 0 Å². The molecule has 1 rings (SSSR count). The maximum absolute atomic E-state index is 11.7. The van der Waals surface area contributed by atoms with Crippen molar-refractivity contribution in [3.8, 4) is 0 Å². The maximum atomic E-state index is 11.7. The van der Waals surface area contributed by atoms with Crippen LogP contribution in [0.25, 0.3) is 0 Å². The fraction of sp³-hybridized carbons (Fsp3) is 0.800. The van der Waals surface area contributed by atoms with E-state index in [1.54, 1.807) is 0 Å². The third-order valence-corrected chi connectivity index (χ3v) is 2.67. The fourth-order valence-corrected chi connectivity index (χ4v) is 1.70. The standard InChI is InChI=1S/C10H18N2O2/c1-4-7(3)12-9(13)6-8(10(12)14)11-5-2/h7-8,11H,4-6H2,1-3H3. The van der Waals surface area contributed by atoms with E-state index in [1.165, 1.54) is 4.90 Å². The van der Waals surface area contributed by atoms with Gasteiger partial charge in [0.2, 0.25) is 11.8 Å². The third kappa shape index (κ3) is 1.95. The largest absolute Gasteiger partial charge is 0.306 e. The zero-order chi connectivity index (χ0) is 10.7. The van der Waals surface area contributed by atoms with E-state index in [0.29, 0.717) is 6.42 Å². The Morgan fingerprint density at radius 2 is 2.14 bits per heavy atom. The van der Waals surface area contributed by atoms with E-state index < -0.39 is 0 Å². The van der Waals surface area contributed by atoms with Gasteiger partial charge in [0.25, 0.3) is 0 Å². The van der Waals surface area contributed by atoms with Crippen molar-refractivity contribution >= 4 is 11.8 Å². The predicted octanol–water partition coefficient (Wildman–Crippen LogP) is 0.522. The Morgan fingerprint density at radius 1 is 1.50 bits per heavy atom. The fourth-order valence-electron chi connectivity index (χ4n) is 1.70. The first kappa shape index (κ1) is 11.2. The molecule has 2 amide bonds. The minimum atomic E-state index is -0.290. The summed E-state index contributed by atoms with van der Waals surface area (Å²) in [7, 11) is 0. The van der Waals surface area contributed by atoms with Gasteiger partial charge in [-0.1, -0.05) is 13.8 Å². The zero-order valence-electron chi connectivity index (χ0n) is 9.04. The average Bonchev–Trinajstić information content (AvgIpc) is 2.42.